The van der Waals surface area contributed by atoms with E-state index in [1.165, 1.54) is 23.1 Å². The Morgan fingerprint density at radius 1 is 1.08 bits per heavy atom. The monoisotopic (exact) mass is 523 g/mol. The Morgan fingerprint density at radius 2 is 1.81 bits per heavy atom. The van der Waals surface area contributed by atoms with E-state index < -0.39 is 0 Å². The lowest BCUT2D eigenvalue weighted by atomic mass is 10.3. The van der Waals surface area contributed by atoms with Crippen molar-refractivity contribution in [3.8, 4) is 11.4 Å². The van der Waals surface area contributed by atoms with Crippen molar-refractivity contribution in [1.82, 2.24) is 19.7 Å². The first-order chi connectivity index (χ1) is 17.5. The predicted molar refractivity (Wildman–Crippen MR) is 139 cm³/mol. The second kappa shape index (κ2) is 12.3. The Kier molecular flexibility index (Phi) is 8.69. The molecule has 36 heavy (non-hydrogen) atoms. The molecular formula is C25H25N5O4S2. The second-order valence-electron chi connectivity index (χ2n) is 7.55. The molecule has 0 aliphatic heterocycles. The fourth-order valence-corrected chi connectivity index (χ4v) is 4.79. The molecule has 1 N–H and O–H groups in total. The first kappa shape index (κ1) is 25.4. The Hall–Kier alpha value is -3.70. The van der Waals surface area contributed by atoms with E-state index in [0.717, 1.165) is 11.4 Å². The number of thiazole rings is 1. The molecule has 2 aromatic heterocycles. The van der Waals surface area contributed by atoms with E-state index in [9.17, 15) is 9.59 Å². The summed E-state index contributed by atoms with van der Waals surface area (Å²) in [5.74, 6) is 0.863. The number of carbonyl (C=O) groups excluding carboxylic acids is 2. The minimum absolute atomic E-state index is 0.0706. The van der Waals surface area contributed by atoms with Crippen LogP contribution in [0.4, 0.5) is 5.13 Å². The molecule has 0 spiro atoms. The van der Waals surface area contributed by atoms with E-state index >= 15 is 0 Å². The van der Waals surface area contributed by atoms with Crippen LogP contribution in [0.5, 0.6) is 5.75 Å². The van der Waals surface area contributed by atoms with Gasteiger partial charge in [-0.15, -0.1) is 21.5 Å². The fourth-order valence-electron chi connectivity index (χ4n) is 3.30. The van der Waals surface area contributed by atoms with Gasteiger partial charge in [-0.1, -0.05) is 48.2 Å². The molecular weight excluding hydrogens is 498 g/mol. The maximum Gasteiger partial charge on any atom is 0.311 e. The van der Waals surface area contributed by atoms with Crippen molar-refractivity contribution in [2.75, 3.05) is 17.7 Å². The summed E-state index contributed by atoms with van der Waals surface area (Å²) in [5, 5.41) is 14.2. The molecule has 0 aliphatic carbocycles. The van der Waals surface area contributed by atoms with Crippen molar-refractivity contribution < 1.29 is 19.1 Å². The van der Waals surface area contributed by atoms with E-state index in [4.69, 9.17) is 9.47 Å². The number of benzene rings is 2. The van der Waals surface area contributed by atoms with Gasteiger partial charge in [-0.2, -0.15) is 0 Å². The normalized spacial score (nSPS) is 11.6. The number of hydrogen-bond donors (Lipinski definition) is 1. The summed E-state index contributed by atoms with van der Waals surface area (Å²) in [6.45, 7) is 3.98. The van der Waals surface area contributed by atoms with Crippen LogP contribution in [0.25, 0.3) is 5.69 Å². The highest BCUT2D eigenvalue weighted by atomic mass is 32.2. The number of nitrogens with one attached hydrogen (secondary N) is 1. The summed E-state index contributed by atoms with van der Waals surface area (Å²) in [6.07, 6.45) is -0.308. The van der Waals surface area contributed by atoms with Crippen LogP contribution in [0.15, 0.2) is 71.2 Å². The number of ether oxygens (including phenoxy) is 2. The van der Waals surface area contributed by atoms with Crippen LogP contribution in [0, 0.1) is 0 Å². The van der Waals surface area contributed by atoms with E-state index in [1.54, 1.807) is 12.3 Å². The molecule has 2 heterocycles. The molecule has 11 heteroatoms. The summed E-state index contributed by atoms with van der Waals surface area (Å²) in [6, 6.07) is 19.2. The van der Waals surface area contributed by atoms with Crippen molar-refractivity contribution in [2.24, 2.45) is 0 Å². The molecule has 1 unspecified atom stereocenters. The van der Waals surface area contributed by atoms with Crippen LogP contribution >= 0.6 is 23.1 Å². The minimum atomic E-state index is -0.378. The number of amides is 1. The van der Waals surface area contributed by atoms with Gasteiger partial charge in [0, 0.05) is 11.1 Å². The molecule has 4 aromatic rings. The molecule has 1 amide bonds. The summed E-state index contributed by atoms with van der Waals surface area (Å²) >= 11 is 2.52. The van der Waals surface area contributed by atoms with Crippen LogP contribution in [0.1, 0.15) is 31.5 Å². The number of rotatable bonds is 11. The summed E-state index contributed by atoms with van der Waals surface area (Å²) in [5.41, 5.74) is 1.43. The highest BCUT2D eigenvalue weighted by Crippen LogP contribution is 2.28. The van der Waals surface area contributed by atoms with Gasteiger partial charge in [0.2, 0.25) is 5.91 Å². The lowest BCUT2D eigenvalue weighted by Crippen LogP contribution is -2.15. The average molecular weight is 524 g/mol. The zero-order valence-corrected chi connectivity index (χ0v) is 21.4. The largest absolute Gasteiger partial charge is 0.483 e. The lowest BCUT2D eigenvalue weighted by Gasteiger charge is -2.16. The number of para-hydroxylation sites is 2. The van der Waals surface area contributed by atoms with E-state index in [1.807, 2.05) is 72.2 Å². The topological polar surface area (TPSA) is 108 Å². The van der Waals surface area contributed by atoms with E-state index in [0.29, 0.717) is 28.4 Å². The van der Waals surface area contributed by atoms with Gasteiger partial charge in [0.1, 0.15) is 5.75 Å². The molecule has 4 rings (SSSR count). The molecule has 0 saturated heterocycles. The lowest BCUT2D eigenvalue weighted by molar-refractivity contribution is -0.142. The third kappa shape index (κ3) is 6.70. The first-order valence-electron chi connectivity index (χ1n) is 11.3. The Labute approximate surface area is 216 Å². The van der Waals surface area contributed by atoms with Gasteiger partial charge in [-0.05, 0) is 38.1 Å². The highest BCUT2D eigenvalue weighted by Gasteiger charge is 2.22. The Bertz CT molecular complexity index is 1290. The van der Waals surface area contributed by atoms with Crippen molar-refractivity contribution in [3.05, 3.63) is 77.6 Å². The number of anilines is 1. The molecule has 0 radical (unpaired) electrons. The molecule has 0 bridgehead atoms. The molecule has 1 atom stereocenters. The summed E-state index contributed by atoms with van der Waals surface area (Å²) in [7, 11) is 0. The van der Waals surface area contributed by atoms with Crippen LogP contribution in [-0.4, -0.2) is 44.0 Å². The van der Waals surface area contributed by atoms with Gasteiger partial charge in [-0.25, -0.2) is 4.98 Å². The quantitative estimate of drug-likeness (QED) is 0.223. The van der Waals surface area contributed by atoms with Crippen molar-refractivity contribution in [3.63, 3.8) is 0 Å². The zero-order chi connectivity index (χ0) is 25.3. The number of hydrogen-bond acceptors (Lipinski definition) is 9. The van der Waals surface area contributed by atoms with Gasteiger partial charge in [-0.3, -0.25) is 14.2 Å². The van der Waals surface area contributed by atoms with Crippen molar-refractivity contribution >= 4 is 40.1 Å². The number of aromatic nitrogens is 4. The van der Waals surface area contributed by atoms with E-state index in [2.05, 4.69) is 20.5 Å². The second-order valence-corrected chi connectivity index (χ2v) is 9.35. The Morgan fingerprint density at radius 3 is 2.53 bits per heavy atom. The summed E-state index contributed by atoms with van der Waals surface area (Å²) in [4.78, 5) is 28.5. The Balaban J connectivity index is 1.44. The highest BCUT2D eigenvalue weighted by molar-refractivity contribution is 7.99. The van der Waals surface area contributed by atoms with Gasteiger partial charge < -0.3 is 14.8 Å². The number of carbonyl (C=O) groups is 2. The van der Waals surface area contributed by atoms with Gasteiger partial charge in [0.15, 0.2) is 22.2 Å². The predicted octanol–water partition coefficient (Wildman–Crippen LogP) is 4.70. The SMILES string of the molecule is CCOC(=O)Cc1csc(NC(=O)CSc2nnc(C(C)Oc3ccccc3)n2-c2ccccc2)n1. The molecule has 186 valence electrons. The number of nitrogens with zero attached hydrogens (tertiary/aromatic N) is 4. The number of thioether (sulfide) groups is 1. The summed E-state index contributed by atoms with van der Waals surface area (Å²) < 4.78 is 12.9. The maximum atomic E-state index is 12.6. The van der Waals surface area contributed by atoms with Crippen molar-refractivity contribution in [2.45, 2.75) is 31.5 Å². The molecule has 0 fully saturated rings. The number of esters is 1. The minimum Gasteiger partial charge on any atom is -0.483 e. The van der Waals surface area contributed by atoms with Crippen molar-refractivity contribution in [1.29, 1.82) is 0 Å². The smallest absolute Gasteiger partial charge is 0.311 e. The molecule has 0 saturated carbocycles. The first-order valence-corrected chi connectivity index (χ1v) is 13.1. The van der Waals surface area contributed by atoms with Gasteiger partial charge >= 0.3 is 5.97 Å². The molecule has 2 aromatic carbocycles. The fraction of sp³-hybridized carbons (Fsp3) is 0.240. The standard InChI is InChI=1S/C25H25N5O4S2/c1-3-33-22(32)14-18-15-35-24(26-18)27-21(31)16-36-25-29-28-23(30(25)19-10-6-4-7-11-19)17(2)34-20-12-8-5-9-13-20/h4-13,15,17H,3,14,16H2,1-2H3,(H,26,27,31). The van der Waals surface area contributed by atoms with Crippen LogP contribution in [0.3, 0.4) is 0 Å². The maximum absolute atomic E-state index is 12.6. The molecule has 9 nitrogen and oxygen atoms in total. The van der Waals surface area contributed by atoms with Crippen LogP contribution in [0.2, 0.25) is 0 Å². The van der Waals surface area contributed by atoms with Gasteiger partial charge in [0.25, 0.3) is 0 Å². The third-order valence-electron chi connectivity index (χ3n) is 4.85. The van der Waals surface area contributed by atoms with Gasteiger partial charge in [0.05, 0.1) is 24.5 Å². The van der Waals surface area contributed by atoms with Crippen LogP contribution < -0.4 is 10.1 Å². The van der Waals surface area contributed by atoms with E-state index in [-0.39, 0.29) is 30.2 Å². The average Bonchev–Trinajstić information content (AvgIpc) is 3.51. The zero-order valence-electron chi connectivity index (χ0n) is 19.8. The van der Waals surface area contributed by atoms with Crippen LogP contribution in [-0.2, 0) is 20.7 Å². The third-order valence-corrected chi connectivity index (χ3v) is 6.59. The molecule has 0 aliphatic rings.